The topological polar surface area (TPSA) is 72.5 Å². The number of nitrogens with two attached hydrogens (primary N) is 1. The van der Waals surface area contributed by atoms with Crippen LogP contribution < -0.4 is 10.5 Å². The van der Waals surface area contributed by atoms with Gasteiger partial charge in [-0.1, -0.05) is 0 Å². The maximum absolute atomic E-state index is 10.6. The Kier molecular flexibility index (Phi) is 9.47. The number of carbonyl (C=O) groups is 1. The molecule has 1 aromatic rings. The van der Waals surface area contributed by atoms with Crippen LogP contribution in [0.5, 0.6) is 5.75 Å². The molecule has 0 heterocycles. The number of carboxylic acids is 1. The van der Waals surface area contributed by atoms with Crippen LogP contribution in [0.1, 0.15) is 29.6 Å². The van der Waals surface area contributed by atoms with E-state index < -0.39 is 5.97 Å². The molecule has 0 unspecified atom stereocenters. The molecule has 0 saturated heterocycles. The van der Waals surface area contributed by atoms with Crippen molar-refractivity contribution in [3.63, 3.8) is 0 Å². The predicted molar refractivity (Wildman–Crippen MR) is 81.8 cm³/mol. The maximum atomic E-state index is 10.6. The first-order valence-corrected chi connectivity index (χ1v) is 6.59. The van der Waals surface area contributed by atoms with Crippen LogP contribution in [-0.4, -0.2) is 29.5 Å². The van der Waals surface area contributed by atoms with Crippen molar-refractivity contribution in [3.8, 4) is 5.75 Å². The molecule has 19 heavy (non-hydrogen) atoms. The molecule has 0 saturated carbocycles. The molecule has 0 aliphatic carbocycles. The fourth-order valence-corrected chi connectivity index (χ4v) is 1.67. The van der Waals surface area contributed by atoms with Crippen LogP contribution in [0.25, 0.3) is 0 Å². The lowest BCUT2D eigenvalue weighted by molar-refractivity contribution is 0.0697. The van der Waals surface area contributed by atoms with Gasteiger partial charge in [-0.2, -0.15) is 12.6 Å². The third-order valence-electron chi connectivity index (χ3n) is 2.57. The summed E-state index contributed by atoms with van der Waals surface area (Å²) in [6, 6.07) is 6.57. The molecule has 0 radical (unpaired) electrons. The number of rotatable bonds is 8. The minimum atomic E-state index is -0.928. The second-order valence-corrected chi connectivity index (χ2v) is 4.48. The van der Waals surface area contributed by atoms with Gasteiger partial charge in [-0.15, -0.1) is 12.4 Å². The van der Waals surface area contributed by atoms with E-state index in [1.54, 1.807) is 12.1 Å². The lowest BCUT2D eigenvalue weighted by Gasteiger charge is -2.09. The molecule has 0 fully saturated rings. The van der Waals surface area contributed by atoms with Gasteiger partial charge in [0.25, 0.3) is 0 Å². The van der Waals surface area contributed by atoms with Gasteiger partial charge in [-0.25, -0.2) is 4.79 Å². The molecule has 6 heteroatoms. The molecule has 0 amide bonds. The number of hydrogen-bond donors (Lipinski definition) is 3. The van der Waals surface area contributed by atoms with Crippen molar-refractivity contribution in [2.75, 3.05) is 12.4 Å². The smallest absolute Gasteiger partial charge is 0.335 e. The second-order valence-electron chi connectivity index (χ2n) is 4.12. The number of aromatic carboxylic acids is 1. The molecule has 108 valence electrons. The van der Waals surface area contributed by atoms with E-state index in [1.165, 1.54) is 12.1 Å². The summed E-state index contributed by atoms with van der Waals surface area (Å²) in [5, 5.41) is 8.74. The Morgan fingerprint density at radius 3 is 2.47 bits per heavy atom. The SMILES string of the molecule is Cl.N[C@@H](CS)CCCCOc1ccc(C(=O)O)cc1. The molecule has 1 rings (SSSR count). The summed E-state index contributed by atoms with van der Waals surface area (Å²) >= 11 is 4.12. The van der Waals surface area contributed by atoms with Gasteiger partial charge in [0.15, 0.2) is 0 Å². The molecule has 0 aliphatic rings. The van der Waals surface area contributed by atoms with E-state index in [9.17, 15) is 4.79 Å². The number of unbranched alkanes of at least 4 members (excludes halogenated alkanes) is 1. The second kappa shape index (κ2) is 9.95. The summed E-state index contributed by atoms with van der Waals surface area (Å²) in [7, 11) is 0. The first-order valence-electron chi connectivity index (χ1n) is 5.96. The first kappa shape index (κ1) is 18.1. The van der Waals surface area contributed by atoms with Crippen LogP contribution in [0.15, 0.2) is 24.3 Å². The molecule has 0 aliphatic heterocycles. The fourth-order valence-electron chi connectivity index (χ4n) is 1.48. The minimum Gasteiger partial charge on any atom is -0.494 e. The number of hydrogen-bond acceptors (Lipinski definition) is 4. The van der Waals surface area contributed by atoms with Crippen molar-refractivity contribution in [1.82, 2.24) is 0 Å². The van der Waals surface area contributed by atoms with Gasteiger partial charge in [0.05, 0.1) is 12.2 Å². The van der Waals surface area contributed by atoms with E-state index in [1.807, 2.05) is 0 Å². The molecule has 0 spiro atoms. The van der Waals surface area contributed by atoms with Crippen LogP contribution in [-0.2, 0) is 0 Å². The average Bonchev–Trinajstić information content (AvgIpc) is 2.38. The van der Waals surface area contributed by atoms with Gasteiger partial charge in [-0.3, -0.25) is 0 Å². The fraction of sp³-hybridized carbons (Fsp3) is 0.462. The standard InChI is InChI=1S/C13H19NO3S.ClH/c14-11(9-18)3-1-2-8-17-12-6-4-10(5-7-12)13(15)16;/h4-7,11,18H,1-3,8-9,14H2,(H,15,16);1H/t11-;/m1./s1. The lowest BCUT2D eigenvalue weighted by Crippen LogP contribution is -2.21. The van der Waals surface area contributed by atoms with Crippen molar-refractivity contribution in [1.29, 1.82) is 0 Å². The van der Waals surface area contributed by atoms with Crippen molar-refractivity contribution >= 4 is 31.0 Å². The van der Waals surface area contributed by atoms with E-state index in [-0.39, 0.29) is 24.0 Å². The van der Waals surface area contributed by atoms with Crippen LogP contribution in [0.4, 0.5) is 0 Å². The van der Waals surface area contributed by atoms with Crippen LogP contribution in [0.3, 0.4) is 0 Å². The molecule has 3 N–H and O–H groups in total. The van der Waals surface area contributed by atoms with E-state index in [2.05, 4.69) is 12.6 Å². The quantitative estimate of drug-likeness (QED) is 0.510. The highest BCUT2D eigenvalue weighted by atomic mass is 35.5. The van der Waals surface area contributed by atoms with Gasteiger partial charge in [0, 0.05) is 11.8 Å². The van der Waals surface area contributed by atoms with E-state index >= 15 is 0 Å². The zero-order valence-corrected chi connectivity index (χ0v) is 12.3. The number of benzene rings is 1. The predicted octanol–water partition coefficient (Wildman–Crippen LogP) is 2.61. The Hall–Kier alpha value is -0.910. The van der Waals surface area contributed by atoms with Crippen molar-refractivity contribution in [2.24, 2.45) is 5.73 Å². The summed E-state index contributed by atoms with van der Waals surface area (Å²) in [6.07, 6.45) is 2.89. The zero-order chi connectivity index (χ0) is 13.4. The highest BCUT2D eigenvalue weighted by Crippen LogP contribution is 2.13. The average molecular weight is 306 g/mol. The highest BCUT2D eigenvalue weighted by molar-refractivity contribution is 7.80. The van der Waals surface area contributed by atoms with Gasteiger partial charge < -0.3 is 15.6 Å². The summed E-state index contributed by atoms with van der Waals surface area (Å²) < 4.78 is 5.50. The van der Waals surface area contributed by atoms with E-state index in [0.717, 1.165) is 19.3 Å². The molecule has 1 atom stereocenters. The van der Waals surface area contributed by atoms with Gasteiger partial charge >= 0.3 is 5.97 Å². The molecule has 0 aromatic heterocycles. The van der Waals surface area contributed by atoms with Gasteiger partial charge in [0.2, 0.25) is 0 Å². The highest BCUT2D eigenvalue weighted by Gasteiger charge is 2.02. The van der Waals surface area contributed by atoms with Crippen LogP contribution >= 0.6 is 25.0 Å². The molecular formula is C13H20ClNO3S. The Morgan fingerprint density at radius 1 is 1.32 bits per heavy atom. The number of ether oxygens (including phenoxy) is 1. The third-order valence-corrected chi connectivity index (χ3v) is 3.04. The number of carboxylic acid groups (broad SMARTS) is 1. The number of thiol groups is 1. The van der Waals surface area contributed by atoms with Crippen LogP contribution in [0, 0.1) is 0 Å². The maximum Gasteiger partial charge on any atom is 0.335 e. The zero-order valence-electron chi connectivity index (χ0n) is 10.6. The monoisotopic (exact) mass is 305 g/mol. The van der Waals surface area contributed by atoms with Gasteiger partial charge in [0.1, 0.15) is 5.75 Å². The van der Waals surface area contributed by atoms with Crippen molar-refractivity contribution in [3.05, 3.63) is 29.8 Å². The summed E-state index contributed by atoms with van der Waals surface area (Å²) in [4.78, 5) is 10.6. The number of halogens is 1. The Balaban J connectivity index is 0.00000324. The lowest BCUT2D eigenvalue weighted by atomic mass is 10.1. The first-order chi connectivity index (χ1) is 8.63. The van der Waals surface area contributed by atoms with E-state index in [0.29, 0.717) is 18.1 Å². The summed E-state index contributed by atoms with van der Waals surface area (Å²) in [5.74, 6) is 0.470. The molecular weight excluding hydrogens is 286 g/mol. The minimum absolute atomic E-state index is 0. The molecule has 1 aromatic carbocycles. The largest absolute Gasteiger partial charge is 0.494 e. The molecule has 0 bridgehead atoms. The normalized spacial score (nSPS) is 11.5. The Morgan fingerprint density at radius 2 is 1.95 bits per heavy atom. The van der Waals surface area contributed by atoms with Crippen molar-refractivity contribution in [2.45, 2.75) is 25.3 Å². The Labute approximate surface area is 125 Å². The summed E-state index contributed by atoms with van der Waals surface area (Å²) in [5.41, 5.74) is 6.00. The van der Waals surface area contributed by atoms with Crippen LogP contribution in [0.2, 0.25) is 0 Å². The molecule has 4 nitrogen and oxygen atoms in total. The van der Waals surface area contributed by atoms with E-state index in [4.69, 9.17) is 15.6 Å². The van der Waals surface area contributed by atoms with Crippen molar-refractivity contribution < 1.29 is 14.6 Å². The third kappa shape index (κ3) is 7.30. The van der Waals surface area contributed by atoms with Gasteiger partial charge in [-0.05, 0) is 43.5 Å². The Bertz CT molecular complexity index is 373. The summed E-state index contributed by atoms with van der Waals surface area (Å²) in [6.45, 7) is 0.617.